The summed E-state index contributed by atoms with van der Waals surface area (Å²) in [6.45, 7) is 1.66. The van der Waals surface area contributed by atoms with Crippen molar-refractivity contribution in [1.29, 1.82) is 0 Å². The molecule has 2 rings (SSSR count). The van der Waals surface area contributed by atoms with Gasteiger partial charge in [-0.2, -0.15) is 0 Å². The fourth-order valence-electron chi connectivity index (χ4n) is 2.75. The molecule has 0 atom stereocenters. The summed E-state index contributed by atoms with van der Waals surface area (Å²) in [5.74, 6) is -0.348. The SMILES string of the molecule is COc1ccccc1C1(C(=O)O)CC(C)(O)C1. The number of benzene rings is 1. The maximum atomic E-state index is 11.5. The van der Waals surface area contributed by atoms with Gasteiger partial charge in [-0.15, -0.1) is 0 Å². The zero-order valence-electron chi connectivity index (χ0n) is 9.93. The lowest BCUT2D eigenvalue weighted by atomic mass is 9.56. The average Bonchev–Trinajstić information content (AvgIpc) is 2.25. The first-order valence-electron chi connectivity index (χ1n) is 5.51. The van der Waals surface area contributed by atoms with Crippen molar-refractivity contribution in [2.75, 3.05) is 7.11 Å². The van der Waals surface area contributed by atoms with Gasteiger partial charge in [0.15, 0.2) is 0 Å². The van der Waals surface area contributed by atoms with E-state index in [1.807, 2.05) is 0 Å². The molecule has 0 spiro atoms. The summed E-state index contributed by atoms with van der Waals surface area (Å²) in [5.41, 5.74) is -1.28. The molecule has 1 aromatic carbocycles. The fraction of sp³-hybridized carbons (Fsp3) is 0.462. The van der Waals surface area contributed by atoms with Crippen molar-refractivity contribution in [3.63, 3.8) is 0 Å². The average molecular weight is 236 g/mol. The normalized spacial score (nSPS) is 31.7. The fourth-order valence-corrected chi connectivity index (χ4v) is 2.75. The van der Waals surface area contributed by atoms with E-state index in [2.05, 4.69) is 0 Å². The van der Waals surface area contributed by atoms with Crippen LogP contribution in [0.2, 0.25) is 0 Å². The Kier molecular flexibility index (Phi) is 2.62. The number of para-hydroxylation sites is 1. The molecule has 0 unspecified atom stereocenters. The van der Waals surface area contributed by atoms with Gasteiger partial charge in [-0.05, 0) is 25.8 Å². The van der Waals surface area contributed by atoms with Gasteiger partial charge in [0.05, 0.1) is 12.7 Å². The third-order valence-corrected chi connectivity index (χ3v) is 3.40. The Hall–Kier alpha value is -1.55. The van der Waals surface area contributed by atoms with Crippen LogP contribution in [0.4, 0.5) is 0 Å². The Bertz CT molecular complexity index is 442. The molecule has 92 valence electrons. The van der Waals surface area contributed by atoms with Crippen LogP contribution < -0.4 is 4.74 Å². The summed E-state index contributed by atoms with van der Waals surface area (Å²) in [4.78, 5) is 11.5. The summed E-state index contributed by atoms with van der Waals surface area (Å²) in [6.07, 6.45) is 0.436. The van der Waals surface area contributed by atoms with Gasteiger partial charge in [0.1, 0.15) is 11.2 Å². The summed E-state index contributed by atoms with van der Waals surface area (Å²) in [7, 11) is 1.52. The molecule has 0 saturated heterocycles. The molecule has 2 N–H and O–H groups in total. The Morgan fingerprint density at radius 3 is 2.41 bits per heavy atom. The molecule has 0 bridgehead atoms. The zero-order valence-corrected chi connectivity index (χ0v) is 9.93. The summed E-state index contributed by atoms with van der Waals surface area (Å²) in [5, 5.41) is 19.2. The van der Waals surface area contributed by atoms with E-state index in [0.717, 1.165) is 0 Å². The largest absolute Gasteiger partial charge is 0.496 e. The van der Waals surface area contributed by atoms with Crippen LogP contribution in [0, 0.1) is 0 Å². The number of aliphatic hydroxyl groups is 1. The van der Waals surface area contributed by atoms with E-state index in [4.69, 9.17) is 4.74 Å². The van der Waals surface area contributed by atoms with Crippen LogP contribution in [-0.2, 0) is 10.2 Å². The van der Waals surface area contributed by atoms with Crippen molar-refractivity contribution in [3.05, 3.63) is 29.8 Å². The number of hydrogen-bond donors (Lipinski definition) is 2. The molecular weight excluding hydrogens is 220 g/mol. The standard InChI is InChI=1S/C13H16O4/c1-12(16)7-13(8-12,11(14)15)9-5-3-4-6-10(9)17-2/h3-6,16H,7-8H2,1-2H3,(H,14,15). The molecule has 0 aromatic heterocycles. The van der Waals surface area contributed by atoms with E-state index < -0.39 is 17.0 Å². The van der Waals surface area contributed by atoms with Crippen LogP contribution >= 0.6 is 0 Å². The van der Waals surface area contributed by atoms with Crippen molar-refractivity contribution in [2.45, 2.75) is 30.8 Å². The maximum Gasteiger partial charge on any atom is 0.314 e. The van der Waals surface area contributed by atoms with Gasteiger partial charge in [-0.3, -0.25) is 4.79 Å². The number of hydrogen-bond acceptors (Lipinski definition) is 3. The highest BCUT2D eigenvalue weighted by molar-refractivity contribution is 5.84. The second kappa shape index (κ2) is 3.74. The van der Waals surface area contributed by atoms with Crippen LogP contribution in [0.25, 0.3) is 0 Å². The van der Waals surface area contributed by atoms with Crippen LogP contribution in [0.1, 0.15) is 25.3 Å². The molecule has 0 heterocycles. The van der Waals surface area contributed by atoms with Crippen molar-refractivity contribution in [3.8, 4) is 5.75 Å². The molecule has 1 saturated carbocycles. The van der Waals surface area contributed by atoms with Crippen molar-refractivity contribution >= 4 is 5.97 Å². The molecule has 1 aromatic rings. The Morgan fingerprint density at radius 2 is 1.94 bits per heavy atom. The van der Waals surface area contributed by atoms with Crippen LogP contribution in [0.5, 0.6) is 5.75 Å². The number of carbonyl (C=O) groups is 1. The molecule has 1 fully saturated rings. The lowest BCUT2D eigenvalue weighted by molar-refractivity contribution is -0.162. The van der Waals surface area contributed by atoms with Crippen molar-refractivity contribution < 1.29 is 19.7 Å². The van der Waals surface area contributed by atoms with Gasteiger partial charge in [0.25, 0.3) is 0 Å². The summed E-state index contributed by atoms with van der Waals surface area (Å²) < 4.78 is 5.20. The minimum atomic E-state index is -1.02. The number of carboxylic acid groups (broad SMARTS) is 1. The molecule has 1 aliphatic carbocycles. The maximum absolute atomic E-state index is 11.5. The molecule has 17 heavy (non-hydrogen) atoms. The molecule has 4 nitrogen and oxygen atoms in total. The second-order valence-electron chi connectivity index (χ2n) is 4.94. The number of aliphatic carboxylic acids is 1. The van der Waals surface area contributed by atoms with Gasteiger partial charge in [-0.1, -0.05) is 18.2 Å². The molecule has 1 aliphatic rings. The van der Waals surface area contributed by atoms with Crippen LogP contribution in [0.15, 0.2) is 24.3 Å². The Morgan fingerprint density at radius 1 is 1.35 bits per heavy atom. The molecule has 0 aliphatic heterocycles. The molecule has 0 amide bonds. The Labute approximate surface area is 99.8 Å². The van der Waals surface area contributed by atoms with E-state index in [-0.39, 0.29) is 12.8 Å². The van der Waals surface area contributed by atoms with Gasteiger partial charge in [-0.25, -0.2) is 0 Å². The first kappa shape index (κ1) is 11.9. The number of methoxy groups -OCH3 is 1. The summed E-state index contributed by atoms with van der Waals surface area (Å²) >= 11 is 0. The Balaban J connectivity index is 2.46. The predicted molar refractivity (Wildman–Crippen MR) is 62.2 cm³/mol. The third-order valence-electron chi connectivity index (χ3n) is 3.40. The minimum Gasteiger partial charge on any atom is -0.496 e. The highest BCUT2D eigenvalue weighted by atomic mass is 16.5. The van der Waals surface area contributed by atoms with Crippen molar-refractivity contribution in [2.24, 2.45) is 0 Å². The predicted octanol–water partition coefficient (Wildman–Crippen LogP) is 1.56. The van der Waals surface area contributed by atoms with E-state index in [1.54, 1.807) is 31.2 Å². The highest BCUT2D eigenvalue weighted by Gasteiger charge is 2.58. The van der Waals surface area contributed by atoms with Crippen LogP contribution in [0.3, 0.4) is 0 Å². The van der Waals surface area contributed by atoms with Gasteiger partial charge in [0, 0.05) is 5.56 Å². The first-order valence-corrected chi connectivity index (χ1v) is 5.51. The third kappa shape index (κ3) is 1.78. The van der Waals surface area contributed by atoms with E-state index in [9.17, 15) is 15.0 Å². The molecule has 4 heteroatoms. The first-order chi connectivity index (χ1) is 7.91. The van der Waals surface area contributed by atoms with Crippen LogP contribution in [-0.4, -0.2) is 28.9 Å². The smallest absolute Gasteiger partial charge is 0.314 e. The van der Waals surface area contributed by atoms with E-state index in [0.29, 0.717) is 11.3 Å². The van der Waals surface area contributed by atoms with E-state index in [1.165, 1.54) is 7.11 Å². The topological polar surface area (TPSA) is 66.8 Å². The van der Waals surface area contributed by atoms with Gasteiger partial charge < -0.3 is 14.9 Å². The minimum absolute atomic E-state index is 0.218. The monoisotopic (exact) mass is 236 g/mol. The zero-order chi connectivity index (χ0) is 12.7. The van der Waals surface area contributed by atoms with Crippen molar-refractivity contribution in [1.82, 2.24) is 0 Å². The lowest BCUT2D eigenvalue weighted by Crippen LogP contribution is -2.57. The number of carboxylic acids is 1. The number of ether oxygens (including phenoxy) is 1. The second-order valence-corrected chi connectivity index (χ2v) is 4.94. The summed E-state index contributed by atoms with van der Waals surface area (Å²) in [6, 6.07) is 7.08. The van der Waals surface area contributed by atoms with Gasteiger partial charge >= 0.3 is 5.97 Å². The van der Waals surface area contributed by atoms with E-state index >= 15 is 0 Å². The highest BCUT2D eigenvalue weighted by Crippen LogP contribution is 2.52. The van der Waals surface area contributed by atoms with Gasteiger partial charge in [0.2, 0.25) is 0 Å². The quantitative estimate of drug-likeness (QED) is 0.835. The molecular formula is C13H16O4. The molecule has 0 radical (unpaired) electrons. The number of rotatable bonds is 3. The lowest BCUT2D eigenvalue weighted by Gasteiger charge is -2.49.